The molecule has 0 bridgehead atoms. The second kappa shape index (κ2) is 7.44. The lowest BCUT2D eigenvalue weighted by molar-refractivity contribution is -0.142. The first kappa shape index (κ1) is 20.7. The van der Waals surface area contributed by atoms with Crippen LogP contribution in [0.5, 0.6) is 0 Å². The van der Waals surface area contributed by atoms with Gasteiger partial charge in [-0.1, -0.05) is 42.5 Å². The first-order chi connectivity index (χ1) is 15.7. The smallest absolute Gasteiger partial charge is 0.319 e. The fourth-order valence-electron chi connectivity index (χ4n) is 3.72. The molecule has 3 heterocycles. The van der Waals surface area contributed by atoms with E-state index in [2.05, 4.69) is 20.5 Å². The van der Waals surface area contributed by atoms with Gasteiger partial charge in [0.05, 0.1) is 29.5 Å². The predicted octanol–water partition coefficient (Wildman–Crippen LogP) is 4.86. The molecule has 1 amide bonds. The van der Waals surface area contributed by atoms with Gasteiger partial charge in [-0.25, -0.2) is 9.50 Å². The van der Waals surface area contributed by atoms with E-state index in [4.69, 9.17) is 0 Å². The quantitative estimate of drug-likeness (QED) is 0.426. The zero-order valence-electron chi connectivity index (χ0n) is 17.6. The number of nitrogens with zero attached hydrogens (tertiary/aromatic N) is 5. The number of carbonyl (C=O) groups excluding carboxylic acids is 1. The fraction of sp³-hybridized carbons (Fsp3) is 0.130. The number of hydrogen-bond acceptors (Lipinski definition) is 4. The molecule has 0 saturated carbocycles. The molecule has 0 radical (unpaired) electrons. The van der Waals surface area contributed by atoms with E-state index in [1.807, 2.05) is 30.3 Å². The third-order valence-corrected chi connectivity index (χ3v) is 5.56. The first-order valence-corrected chi connectivity index (χ1v) is 9.98. The summed E-state index contributed by atoms with van der Waals surface area (Å²) in [5.41, 5.74) is 0.475. The van der Waals surface area contributed by atoms with Gasteiger partial charge in [-0.05, 0) is 23.8 Å². The van der Waals surface area contributed by atoms with Gasteiger partial charge in [0.1, 0.15) is 5.56 Å². The van der Waals surface area contributed by atoms with Crippen LogP contribution in [0, 0.1) is 6.92 Å². The molecule has 0 aliphatic carbocycles. The van der Waals surface area contributed by atoms with Crippen LogP contribution in [-0.2, 0) is 13.2 Å². The van der Waals surface area contributed by atoms with Crippen LogP contribution < -0.4 is 5.32 Å². The SMILES string of the molecule is Cc1c(NC(=O)c2cnn3c(C(F)(F)F)cc(-c4cccc5ccccc45)nc23)cnn1C. The van der Waals surface area contributed by atoms with Gasteiger partial charge in [0.25, 0.3) is 5.91 Å². The Morgan fingerprint density at radius 2 is 1.79 bits per heavy atom. The van der Waals surface area contributed by atoms with Crippen molar-refractivity contribution in [2.24, 2.45) is 7.05 Å². The molecule has 5 aromatic rings. The Morgan fingerprint density at radius 1 is 1.03 bits per heavy atom. The second-order valence-electron chi connectivity index (χ2n) is 7.57. The maximum absolute atomic E-state index is 13.9. The molecule has 7 nitrogen and oxygen atoms in total. The number of hydrogen-bond donors (Lipinski definition) is 1. The van der Waals surface area contributed by atoms with E-state index in [1.54, 1.807) is 30.8 Å². The van der Waals surface area contributed by atoms with Crippen LogP contribution in [0.3, 0.4) is 0 Å². The third kappa shape index (κ3) is 3.49. The number of carbonyl (C=O) groups is 1. The molecule has 1 N–H and O–H groups in total. The van der Waals surface area contributed by atoms with Crippen molar-refractivity contribution in [2.45, 2.75) is 13.1 Å². The van der Waals surface area contributed by atoms with Gasteiger partial charge >= 0.3 is 6.18 Å². The average Bonchev–Trinajstić information content (AvgIpc) is 3.36. The number of rotatable bonds is 3. The number of alkyl halides is 3. The zero-order valence-corrected chi connectivity index (χ0v) is 17.6. The summed E-state index contributed by atoms with van der Waals surface area (Å²) in [5.74, 6) is -0.628. The van der Waals surface area contributed by atoms with E-state index in [1.165, 1.54) is 6.20 Å². The minimum absolute atomic E-state index is 0.0779. The number of halogens is 3. The first-order valence-electron chi connectivity index (χ1n) is 9.98. The Labute approximate surface area is 185 Å². The molecule has 0 aliphatic rings. The van der Waals surface area contributed by atoms with Crippen molar-refractivity contribution < 1.29 is 18.0 Å². The highest BCUT2D eigenvalue weighted by Gasteiger charge is 2.36. The van der Waals surface area contributed by atoms with Crippen molar-refractivity contribution in [3.63, 3.8) is 0 Å². The number of aromatic nitrogens is 5. The van der Waals surface area contributed by atoms with Crippen molar-refractivity contribution in [1.82, 2.24) is 24.4 Å². The summed E-state index contributed by atoms with van der Waals surface area (Å²) in [6.07, 6.45) is -2.15. The van der Waals surface area contributed by atoms with E-state index in [-0.39, 0.29) is 16.9 Å². The van der Waals surface area contributed by atoms with Gasteiger partial charge in [0.15, 0.2) is 11.3 Å². The highest BCUT2D eigenvalue weighted by molar-refractivity contribution is 6.08. The van der Waals surface area contributed by atoms with Crippen LogP contribution in [0.4, 0.5) is 18.9 Å². The number of aryl methyl sites for hydroxylation is 1. The molecule has 3 aromatic heterocycles. The minimum atomic E-state index is -4.71. The number of amides is 1. The van der Waals surface area contributed by atoms with Gasteiger partial charge in [-0.3, -0.25) is 9.48 Å². The largest absolute Gasteiger partial charge is 0.433 e. The van der Waals surface area contributed by atoms with Crippen LogP contribution in [0.25, 0.3) is 27.7 Å². The molecule has 0 spiro atoms. The summed E-state index contributed by atoms with van der Waals surface area (Å²) in [5, 5.41) is 12.2. The van der Waals surface area contributed by atoms with Crippen molar-refractivity contribution in [3.05, 3.63) is 77.9 Å². The second-order valence-corrected chi connectivity index (χ2v) is 7.57. The minimum Gasteiger partial charge on any atom is -0.319 e. The Hall–Kier alpha value is -4.21. The Morgan fingerprint density at radius 3 is 2.52 bits per heavy atom. The molecule has 166 valence electrons. The van der Waals surface area contributed by atoms with E-state index < -0.39 is 17.8 Å². The predicted molar refractivity (Wildman–Crippen MR) is 117 cm³/mol. The third-order valence-electron chi connectivity index (χ3n) is 5.56. The van der Waals surface area contributed by atoms with Crippen molar-refractivity contribution in [3.8, 4) is 11.3 Å². The number of nitrogens with one attached hydrogen (secondary N) is 1. The topological polar surface area (TPSA) is 77.1 Å². The van der Waals surface area contributed by atoms with Crippen LogP contribution in [0.1, 0.15) is 21.7 Å². The van der Waals surface area contributed by atoms with Crippen LogP contribution in [-0.4, -0.2) is 30.3 Å². The van der Waals surface area contributed by atoms with Crippen molar-refractivity contribution in [2.75, 3.05) is 5.32 Å². The molecule has 0 unspecified atom stereocenters. The highest BCUT2D eigenvalue weighted by Crippen LogP contribution is 2.35. The van der Waals surface area contributed by atoms with Crippen LogP contribution in [0.15, 0.2) is 60.9 Å². The van der Waals surface area contributed by atoms with E-state index >= 15 is 0 Å². The van der Waals surface area contributed by atoms with Crippen LogP contribution >= 0.6 is 0 Å². The number of benzene rings is 2. The molecule has 0 fully saturated rings. The number of anilines is 1. The standard InChI is InChI=1S/C23H17F3N6O/c1-13-19(12-27-31(13)2)30-22(33)17-11-28-32-20(23(24,25)26)10-18(29-21(17)32)16-9-5-7-14-6-3-4-8-15(14)16/h3-12H,1-2H3,(H,30,33). The van der Waals surface area contributed by atoms with Crippen LogP contribution in [0.2, 0.25) is 0 Å². The molecule has 2 aromatic carbocycles. The van der Waals surface area contributed by atoms with Gasteiger partial charge in [-0.15, -0.1) is 0 Å². The van der Waals surface area contributed by atoms with E-state index in [0.717, 1.165) is 23.0 Å². The molecular formula is C23H17F3N6O. The van der Waals surface area contributed by atoms with Crippen molar-refractivity contribution >= 4 is 28.0 Å². The normalized spacial score (nSPS) is 11.9. The lowest BCUT2D eigenvalue weighted by Gasteiger charge is -2.13. The highest BCUT2D eigenvalue weighted by atomic mass is 19.4. The lowest BCUT2D eigenvalue weighted by Crippen LogP contribution is -2.16. The summed E-state index contributed by atoms with van der Waals surface area (Å²) in [6, 6.07) is 13.6. The molecule has 33 heavy (non-hydrogen) atoms. The molecule has 0 saturated heterocycles. The van der Waals surface area contributed by atoms with Gasteiger partial charge in [0.2, 0.25) is 0 Å². The summed E-state index contributed by atoms with van der Waals surface area (Å²) in [6.45, 7) is 1.76. The van der Waals surface area contributed by atoms with E-state index in [9.17, 15) is 18.0 Å². The molecule has 0 aliphatic heterocycles. The summed E-state index contributed by atoms with van der Waals surface area (Å²) < 4.78 is 44.0. The van der Waals surface area contributed by atoms with Gasteiger partial charge < -0.3 is 5.32 Å². The molecular weight excluding hydrogens is 433 g/mol. The average molecular weight is 450 g/mol. The van der Waals surface area contributed by atoms with E-state index in [0.29, 0.717) is 21.5 Å². The summed E-state index contributed by atoms with van der Waals surface area (Å²) in [7, 11) is 1.72. The Kier molecular flexibility index (Phi) is 4.66. The maximum atomic E-state index is 13.9. The van der Waals surface area contributed by atoms with Crippen molar-refractivity contribution in [1.29, 1.82) is 0 Å². The molecule has 5 rings (SSSR count). The Balaban J connectivity index is 1.70. The molecule has 0 atom stereocenters. The monoisotopic (exact) mass is 450 g/mol. The summed E-state index contributed by atoms with van der Waals surface area (Å²) in [4.78, 5) is 17.4. The van der Waals surface area contributed by atoms with Gasteiger partial charge in [0, 0.05) is 12.6 Å². The summed E-state index contributed by atoms with van der Waals surface area (Å²) >= 11 is 0. The number of fused-ring (bicyclic) bond motifs is 2. The molecule has 10 heteroatoms. The van der Waals surface area contributed by atoms with Gasteiger partial charge in [-0.2, -0.15) is 23.4 Å². The fourth-order valence-corrected chi connectivity index (χ4v) is 3.72. The maximum Gasteiger partial charge on any atom is 0.433 e. The Bertz CT molecular complexity index is 1530. The lowest BCUT2D eigenvalue weighted by atomic mass is 10.0. The zero-order chi connectivity index (χ0) is 23.3.